The van der Waals surface area contributed by atoms with Gasteiger partial charge in [-0.1, -0.05) is 48.0 Å². The lowest BCUT2D eigenvalue weighted by Crippen LogP contribution is -2.18. The van der Waals surface area contributed by atoms with Gasteiger partial charge >= 0.3 is 0 Å². The lowest BCUT2D eigenvalue weighted by Gasteiger charge is -2.10. The van der Waals surface area contributed by atoms with E-state index in [1.807, 2.05) is 12.1 Å². The fourth-order valence-corrected chi connectivity index (χ4v) is 2.46. The molecule has 4 nitrogen and oxygen atoms in total. The Balaban J connectivity index is 1.65. The van der Waals surface area contributed by atoms with E-state index >= 15 is 0 Å². The first-order valence-electron chi connectivity index (χ1n) is 8.17. The van der Waals surface area contributed by atoms with E-state index in [-0.39, 0.29) is 5.82 Å². The van der Waals surface area contributed by atoms with Crippen molar-refractivity contribution in [2.45, 2.75) is 6.61 Å². The summed E-state index contributed by atoms with van der Waals surface area (Å²) >= 11 is 5.87. The van der Waals surface area contributed by atoms with E-state index in [2.05, 4.69) is 10.5 Å². The largest absolute Gasteiger partial charge is 0.488 e. The summed E-state index contributed by atoms with van der Waals surface area (Å²) in [4.78, 5) is 12.4. The van der Waals surface area contributed by atoms with Gasteiger partial charge < -0.3 is 4.74 Å². The van der Waals surface area contributed by atoms with Crippen LogP contribution in [0.25, 0.3) is 0 Å². The van der Waals surface area contributed by atoms with Gasteiger partial charge in [0.2, 0.25) is 0 Å². The third-order valence-electron chi connectivity index (χ3n) is 3.67. The fourth-order valence-electron chi connectivity index (χ4n) is 2.33. The Kier molecular flexibility index (Phi) is 6.18. The first kappa shape index (κ1) is 18.6. The highest BCUT2D eigenvalue weighted by Gasteiger charge is 2.11. The third kappa shape index (κ3) is 5.39. The average molecular weight is 383 g/mol. The Morgan fingerprint density at radius 1 is 1.07 bits per heavy atom. The number of amides is 1. The average Bonchev–Trinajstić information content (AvgIpc) is 2.68. The Morgan fingerprint density at radius 3 is 2.63 bits per heavy atom. The van der Waals surface area contributed by atoms with Gasteiger partial charge in [0.05, 0.1) is 11.8 Å². The van der Waals surface area contributed by atoms with Gasteiger partial charge in [-0.3, -0.25) is 4.79 Å². The molecular weight excluding hydrogens is 367 g/mol. The van der Waals surface area contributed by atoms with Crippen molar-refractivity contribution in [1.29, 1.82) is 0 Å². The normalized spacial score (nSPS) is 10.7. The zero-order chi connectivity index (χ0) is 19.1. The maximum Gasteiger partial charge on any atom is 0.275 e. The number of carbonyl (C=O) groups is 1. The molecule has 0 saturated heterocycles. The van der Waals surface area contributed by atoms with Crippen LogP contribution in [0.1, 0.15) is 21.5 Å². The molecule has 0 aliphatic heterocycles. The number of nitrogens with one attached hydrogen (secondary N) is 1. The highest BCUT2D eigenvalue weighted by Crippen LogP contribution is 2.20. The number of ether oxygens (including phenoxy) is 1. The zero-order valence-electron chi connectivity index (χ0n) is 14.2. The first-order chi connectivity index (χ1) is 13.1. The number of hydrogen-bond acceptors (Lipinski definition) is 3. The fraction of sp³-hybridized carbons (Fsp3) is 0.0476. The Labute approximate surface area is 161 Å². The van der Waals surface area contributed by atoms with Gasteiger partial charge in [-0.15, -0.1) is 0 Å². The quantitative estimate of drug-likeness (QED) is 0.490. The zero-order valence-corrected chi connectivity index (χ0v) is 15.0. The maximum atomic E-state index is 13.1. The van der Waals surface area contributed by atoms with Crippen LogP contribution in [0.2, 0.25) is 5.02 Å². The second-order valence-electron chi connectivity index (χ2n) is 5.67. The van der Waals surface area contributed by atoms with Crippen molar-refractivity contribution in [2.75, 3.05) is 0 Å². The maximum absolute atomic E-state index is 13.1. The molecule has 0 unspecified atom stereocenters. The molecule has 136 valence electrons. The second-order valence-corrected chi connectivity index (χ2v) is 6.10. The van der Waals surface area contributed by atoms with Crippen LogP contribution in [0.5, 0.6) is 5.75 Å². The summed E-state index contributed by atoms with van der Waals surface area (Å²) < 4.78 is 18.9. The van der Waals surface area contributed by atoms with Crippen molar-refractivity contribution in [2.24, 2.45) is 5.10 Å². The SMILES string of the molecule is O=C(N/N=C/c1cccc(F)c1)c1ccccc1OCc1ccc(Cl)cc1. The van der Waals surface area contributed by atoms with Gasteiger partial charge in [0.1, 0.15) is 18.2 Å². The molecule has 0 aromatic heterocycles. The predicted molar refractivity (Wildman–Crippen MR) is 104 cm³/mol. The van der Waals surface area contributed by atoms with Crippen LogP contribution in [0, 0.1) is 5.82 Å². The summed E-state index contributed by atoms with van der Waals surface area (Å²) in [6, 6.07) is 20.0. The Morgan fingerprint density at radius 2 is 1.85 bits per heavy atom. The molecule has 0 fully saturated rings. The number of hydrazone groups is 1. The van der Waals surface area contributed by atoms with Gasteiger partial charge in [-0.05, 0) is 47.5 Å². The van der Waals surface area contributed by atoms with Crippen molar-refractivity contribution in [3.63, 3.8) is 0 Å². The molecule has 0 bridgehead atoms. The number of para-hydroxylation sites is 1. The summed E-state index contributed by atoms with van der Waals surface area (Å²) in [5, 5.41) is 4.51. The van der Waals surface area contributed by atoms with Crippen molar-refractivity contribution in [3.8, 4) is 5.75 Å². The minimum atomic E-state index is -0.422. The van der Waals surface area contributed by atoms with E-state index in [4.69, 9.17) is 16.3 Å². The van der Waals surface area contributed by atoms with E-state index in [9.17, 15) is 9.18 Å². The van der Waals surface area contributed by atoms with E-state index in [1.165, 1.54) is 18.3 Å². The predicted octanol–water partition coefficient (Wildman–Crippen LogP) is 4.82. The van der Waals surface area contributed by atoms with Crippen LogP contribution >= 0.6 is 11.6 Å². The standard InChI is InChI=1S/C21H16ClFN2O2/c22-17-10-8-15(9-11-17)14-27-20-7-2-1-6-19(20)21(26)25-24-13-16-4-3-5-18(23)12-16/h1-13H,14H2,(H,25,26)/b24-13+. The summed E-state index contributed by atoms with van der Waals surface area (Å²) in [7, 11) is 0. The molecule has 0 aliphatic rings. The third-order valence-corrected chi connectivity index (χ3v) is 3.92. The van der Waals surface area contributed by atoms with Gasteiger partial charge in [-0.25, -0.2) is 9.82 Å². The molecule has 0 spiro atoms. The molecule has 0 aliphatic carbocycles. The number of halogens is 2. The molecule has 27 heavy (non-hydrogen) atoms. The van der Waals surface area contributed by atoms with Crippen LogP contribution in [0.15, 0.2) is 77.9 Å². The molecule has 6 heteroatoms. The highest BCUT2D eigenvalue weighted by atomic mass is 35.5. The van der Waals surface area contributed by atoms with Crippen LogP contribution < -0.4 is 10.2 Å². The number of carbonyl (C=O) groups excluding carboxylic acids is 1. The smallest absolute Gasteiger partial charge is 0.275 e. The minimum Gasteiger partial charge on any atom is -0.488 e. The molecule has 1 N–H and O–H groups in total. The van der Waals surface area contributed by atoms with Crippen molar-refractivity contribution in [3.05, 3.63) is 100 Å². The topological polar surface area (TPSA) is 50.7 Å². The van der Waals surface area contributed by atoms with Crippen LogP contribution in [0.4, 0.5) is 4.39 Å². The summed E-state index contributed by atoms with van der Waals surface area (Å²) in [5.41, 5.74) is 4.25. The van der Waals surface area contributed by atoms with Crippen molar-refractivity contribution >= 4 is 23.7 Å². The van der Waals surface area contributed by atoms with Gasteiger partial charge in [0.15, 0.2) is 0 Å². The van der Waals surface area contributed by atoms with E-state index in [1.54, 1.807) is 48.5 Å². The van der Waals surface area contributed by atoms with Gasteiger partial charge in [-0.2, -0.15) is 5.10 Å². The number of hydrogen-bond donors (Lipinski definition) is 1. The summed E-state index contributed by atoms with van der Waals surface area (Å²) in [5.74, 6) is -0.355. The minimum absolute atomic E-state index is 0.300. The van der Waals surface area contributed by atoms with Crippen molar-refractivity contribution < 1.29 is 13.9 Å². The summed E-state index contributed by atoms with van der Waals surface area (Å²) in [6.07, 6.45) is 1.37. The molecular formula is C21H16ClFN2O2. The molecule has 3 rings (SSSR count). The molecule has 1 amide bonds. The lowest BCUT2D eigenvalue weighted by molar-refractivity contribution is 0.0950. The van der Waals surface area contributed by atoms with E-state index < -0.39 is 5.91 Å². The molecule has 0 atom stereocenters. The Bertz CT molecular complexity index is 958. The first-order valence-corrected chi connectivity index (χ1v) is 8.55. The highest BCUT2D eigenvalue weighted by molar-refractivity contribution is 6.30. The number of benzene rings is 3. The Hall–Kier alpha value is -3.18. The lowest BCUT2D eigenvalue weighted by atomic mass is 10.2. The van der Waals surface area contributed by atoms with E-state index in [0.717, 1.165) is 5.56 Å². The van der Waals surface area contributed by atoms with Gasteiger partial charge in [0, 0.05) is 5.02 Å². The molecule has 3 aromatic rings. The number of nitrogens with zero attached hydrogens (tertiary/aromatic N) is 1. The number of rotatable bonds is 6. The van der Waals surface area contributed by atoms with Gasteiger partial charge in [0.25, 0.3) is 5.91 Å². The van der Waals surface area contributed by atoms with Crippen LogP contribution in [0.3, 0.4) is 0 Å². The van der Waals surface area contributed by atoms with Crippen LogP contribution in [-0.4, -0.2) is 12.1 Å². The van der Waals surface area contributed by atoms with Crippen LogP contribution in [-0.2, 0) is 6.61 Å². The van der Waals surface area contributed by atoms with E-state index in [0.29, 0.717) is 28.5 Å². The second kappa shape index (κ2) is 8.96. The molecule has 0 heterocycles. The summed E-state index contributed by atoms with van der Waals surface area (Å²) in [6.45, 7) is 0.300. The molecule has 0 radical (unpaired) electrons. The molecule has 3 aromatic carbocycles. The molecule has 0 saturated carbocycles. The van der Waals surface area contributed by atoms with Crippen molar-refractivity contribution in [1.82, 2.24) is 5.43 Å². The monoisotopic (exact) mass is 382 g/mol.